The number of aromatic carboxylic acids is 1. The van der Waals surface area contributed by atoms with Crippen molar-refractivity contribution in [2.75, 3.05) is 11.9 Å². The topological polar surface area (TPSA) is 103 Å². The lowest BCUT2D eigenvalue weighted by Crippen LogP contribution is -2.44. The molecule has 0 spiro atoms. The van der Waals surface area contributed by atoms with Gasteiger partial charge in [-0.05, 0) is 86.3 Å². The monoisotopic (exact) mass is 713 g/mol. The van der Waals surface area contributed by atoms with Crippen LogP contribution in [0.2, 0.25) is 43.8 Å². The zero-order valence-electron chi connectivity index (χ0n) is 27.9. The zero-order valence-corrected chi connectivity index (χ0v) is 31.5. The van der Waals surface area contributed by atoms with Gasteiger partial charge in [0.25, 0.3) is 0 Å². The molecule has 2 aromatic carbocycles. The molecule has 0 atom stereocenters. The fraction of sp³-hybridized carbons (Fsp3) is 0.545. The number of carboxylic acid groups (broad SMARTS) is 1. The number of carbonyl (C=O) groups is 1. The van der Waals surface area contributed by atoms with Gasteiger partial charge in [0.1, 0.15) is 6.73 Å². The average Bonchev–Trinajstić information content (AvgIpc) is 3.47. The van der Waals surface area contributed by atoms with Crippen LogP contribution in [0.3, 0.4) is 0 Å². The van der Waals surface area contributed by atoms with Crippen LogP contribution in [0.1, 0.15) is 62.9 Å². The molecule has 1 aliphatic carbocycles. The van der Waals surface area contributed by atoms with Crippen LogP contribution in [-0.4, -0.2) is 59.5 Å². The number of halogens is 1. The number of nitrogens with one attached hydrogen (secondary N) is 1. The molecule has 0 amide bonds. The van der Waals surface area contributed by atoms with Gasteiger partial charge in [0.15, 0.2) is 14.1 Å². The van der Waals surface area contributed by atoms with Gasteiger partial charge in [-0.2, -0.15) is 5.10 Å². The maximum Gasteiger partial charge on any atom is 0.335 e. The molecule has 4 aromatic rings. The Kier molecular flexibility index (Phi) is 9.73. The molecule has 2 aromatic heterocycles. The Morgan fingerprint density at radius 2 is 1.73 bits per heavy atom. The number of ether oxygens (including phenoxy) is 1. The molecule has 2 N–H and O–H groups in total. The molecule has 12 heteroatoms. The highest BCUT2D eigenvalue weighted by Crippen LogP contribution is 2.42. The Labute approximate surface area is 277 Å². The van der Waals surface area contributed by atoms with E-state index in [4.69, 9.17) is 19.2 Å². The number of rotatable bonds is 11. The van der Waals surface area contributed by atoms with E-state index in [0.717, 1.165) is 52.6 Å². The van der Waals surface area contributed by atoms with Crippen molar-refractivity contribution < 1.29 is 19.1 Å². The minimum absolute atomic E-state index is 0.171. The Bertz CT molecular complexity index is 1680. The van der Waals surface area contributed by atoms with E-state index < -0.39 is 22.4 Å². The average molecular weight is 715 g/mol. The molecule has 0 radical (unpaired) electrons. The molecule has 2 heterocycles. The number of benzene rings is 2. The zero-order chi connectivity index (χ0) is 32.7. The molecular weight excluding hydrogens is 666 g/mol. The summed E-state index contributed by atoms with van der Waals surface area (Å²) in [5.74, 6) is 0.380. The smallest absolute Gasteiger partial charge is 0.335 e. The molecule has 0 bridgehead atoms. The third-order valence-corrected chi connectivity index (χ3v) is 16.1. The number of fused-ring (bicyclic) bond motifs is 2. The quantitative estimate of drug-likeness (QED) is 0.118. The van der Waals surface area contributed by atoms with Crippen LogP contribution in [0.25, 0.3) is 21.9 Å². The number of carboxylic acids is 1. The molecule has 5 rings (SSSR count). The third-order valence-electron chi connectivity index (χ3n) is 9.37. The number of hydrogen-bond donors (Lipinski definition) is 2. The molecule has 1 fully saturated rings. The first-order valence-electron chi connectivity index (χ1n) is 16.0. The lowest BCUT2D eigenvalue weighted by atomic mass is 9.93. The van der Waals surface area contributed by atoms with Crippen molar-refractivity contribution >= 4 is 72.0 Å². The second kappa shape index (κ2) is 12.9. The van der Waals surface area contributed by atoms with Crippen LogP contribution in [0.5, 0.6) is 0 Å². The van der Waals surface area contributed by atoms with Gasteiger partial charge in [-0.25, -0.2) is 14.5 Å². The first-order valence-corrected chi connectivity index (χ1v) is 23.4. The Morgan fingerprint density at radius 3 is 2.38 bits per heavy atom. The minimum Gasteiger partial charge on any atom is -0.478 e. The van der Waals surface area contributed by atoms with Gasteiger partial charge in [0.2, 0.25) is 5.95 Å². The normalized spacial score (nSPS) is 18.2. The van der Waals surface area contributed by atoms with Crippen LogP contribution < -0.4 is 5.32 Å². The molecule has 0 saturated heterocycles. The Hall–Kier alpha value is -2.52. The van der Waals surface area contributed by atoms with Gasteiger partial charge in [-0.15, -0.1) is 0 Å². The summed E-state index contributed by atoms with van der Waals surface area (Å²) < 4.78 is 18.0. The number of hydrogen-bond acceptors (Lipinski definition) is 6. The molecule has 45 heavy (non-hydrogen) atoms. The Balaban J connectivity index is 1.46. The first kappa shape index (κ1) is 33.8. The van der Waals surface area contributed by atoms with Crippen molar-refractivity contribution in [1.29, 1.82) is 0 Å². The van der Waals surface area contributed by atoms with Crippen molar-refractivity contribution in [3.63, 3.8) is 0 Å². The van der Waals surface area contributed by atoms with E-state index in [0.29, 0.717) is 30.6 Å². The lowest BCUT2D eigenvalue weighted by Gasteiger charge is -2.41. The van der Waals surface area contributed by atoms with E-state index >= 15 is 0 Å². The summed E-state index contributed by atoms with van der Waals surface area (Å²) in [6.07, 6.45) is 4.10. The van der Waals surface area contributed by atoms with Crippen LogP contribution in [-0.2, 0) is 15.9 Å². The van der Waals surface area contributed by atoms with Crippen molar-refractivity contribution in [2.45, 2.75) is 109 Å². The van der Waals surface area contributed by atoms with E-state index in [1.807, 2.05) is 22.9 Å². The highest BCUT2D eigenvalue weighted by Gasteiger charge is 2.40. The van der Waals surface area contributed by atoms with Crippen molar-refractivity contribution in [3.05, 3.63) is 46.4 Å². The molecule has 0 aliphatic heterocycles. The van der Waals surface area contributed by atoms with Crippen molar-refractivity contribution in [3.8, 4) is 0 Å². The third kappa shape index (κ3) is 7.73. The summed E-state index contributed by atoms with van der Waals surface area (Å²) in [4.78, 5) is 16.8. The van der Waals surface area contributed by atoms with Gasteiger partial charge < -0.3 is 24.2 Å². The number of aromatic nitrogens is 4. The Morgan fingerprint density at radius 1 is 1.04 bits per heavy atom. The van der Waals surface area contributed by atoms with Crippen LogP contribution in [0, 0.1) is 0 Å². The van der Waals surface area contributed by atoms with E-state index in [9.17, 15) is 9.90 Å². The number of nitrogens with zero attached hydrogens (tertiary/aromatic N) is 4. The van der Waals surface area contributed by atoms with Gasteiger partial charge in [0.05, 0.1) is 22.1 Å². The van der Waals surface area contributed by atoms with Gasteiger partial charge in [-0.3, -0.25) is 0 Å². The molecule has 0 unspecified atom stereocenters. The van der Waals surface area contributed by atoms with Gasteiger partial charge >= 0.3 is 5.97 Å². The summed E-state index contributed by atoms with van der Waals surface area (Å²) in [6.45, 7) is 19.6. The van der Waals surface area contributed by atoms with Gasteiger partial charge in [0, 0.05) is 36.7 Å². The fourth-order valence-electron chi connectivity index (χ4n) is 5.68. The summed E-state index contributed by atoms with van der Waals surface area (Å²) in [6, 6.07) is 12.6. The van der Waals surface area contributed by atoms with E-state index in [-0.39, 0.29) is 22.7 Å². The molecule has 244 valence electrons. The molecule has 1 aliphatic rings. The van der Waals surface area contributed by atoms with E-state index in [1.165, 1.54) is 0 Å². The maximum atomic E-state index is 11.8. The summed E-state index contributed by atoms with van der Waals surface area (Å²) in [7, 11) is -3.07. The second-order valence-electron chi connectivity index (χ2n) is 15.1. The predicted octanol–water partition coefficient (Wildman–Crippen LogP) is 9.41. The number of imidazole rings is 1. The van der Waals surface area contributed by atoms with Gasteiger partial charge in [-0.1, -0.05) is 56.3 Å². The SMILES string of the molecule is CC(C)(C)[Si](C)(C)OC1CCC(n2c(Nc3nn(COCC[Si](C)(C)C)c4ccc(Br)cc34)nc3cc(C(=O)O)ccc32)CC1. The second-order valence-corrected chi connectivity index (χ2v) is 26.4. The highest BCUT2D eigenvalue weighted by atomic mass is 79.9. The van der Waals surface area contributed by atoms with Crippen LogP contribution in [0.4, 0.5) is 11.8 Å². The molecule has 1 saturated carbocycles. The van der Waals surface area contributed by atoms with Crippen LogP contribution >= 0.6 is 15.9 Å². The first-order chi connectivity index (χ1) is 21.0. The highest BCUT2D eigenvalue weighted by molar-refractivity contribution is 9.10. The molecule has 9 nitrogen and oxygen atoms in total. The fourth-order valence-corrected chi connectivity index (χ4v) is 8.22. The van der Waals surface area contributed by atoms with E-state index in [1.54, 1.807) is 12.1 Å². The lowest BCUT2D eigenvalue weighted by molar-refractivity contribution is 0.0697. The maximum absolute atomic E-state index is 11.8. The molecular formula is C33H48BrN5O4Si2. The van der Waals surface area contributed by atoms with E-state index in [2.05, 4.69) is 85.4 Å². The summed E-state index contributed by atoms with van der Waals surface area (Å²) >= 11 is 3.64. The summed E-state index contributed by atoms with van der Waals surface area (Å²) in [5.41, 5.74) is 2.75. The standard InChI is InChI=1S/C33H48BrN5O4Si2/c1-33(2,3)45(7,8)43-25-13-11-24(12-14-25)39-29-15-9-22(31(40)41)19-27(29)35-32(39)36-30-26-20-23(34)10-16-28(26)38(37-30)21-42-17-18-44(4,5)6/h9-10,15-16,19-20,24-25H,11-14,17-18,21H2,1-8H3,(H,40,41)(H,35,36,37). The predicted molar refractivity (Wildman–Crippen MR) is 191 cm³/mol. The summed E-state index contributed by atoms with van der Waals surface area (Å²) in [5, 5.41) is 19.3. The van der Waals surface area contributed by atoms with Crippen molar-refractivity contribution in [1.82, 2.24) is 19.3 Å². The number of anilines is 2. The van der Waals surface area contributed by atoms with Crippen molar-refractivity contribution in [2.24, 2.45) is 0 Å². The van der Waals surface area contributed by atoms with Crippen LogP contribution in [0.15, 0.2) is 40.9 Å². The minimum atomic E-state index is -1.86. The largest absolute Gasteiger partial charge is 0.478 e.